The van der Waals surface area contributed by atoms with Gasteiger partial charge in [-0.2, -0.15) is 5.10 Å². The number of aromatic nitrogens is 3. The van der Waals surface area contributed by atoms with Crippen molar-refractivity contribution in [2.75, 3.05) is 5.32 Å². The van der Waals surface area contributed by atoms with E-state index in [1.807, 2.05) is 44.3 Å². The number of aryl methyl sites for hydroxylation is 2. The van der Waals surface area contributed by atoms with E-state index in [0.717, 1.165) is 26.9 Å². The summed E-state index contributed by atoms with van der Waals surface area (Å²) in [6.07, 6.45) is 1.57. The van der Waals surface area contributed by atoms with Crippen molar-refractivity contribution in [2.24, 2.45) is 7.05 Å². The van der Waals surface area contributed by atoms with Crippen LogP contribution in [0.15, 0.2) is 41.0 Å². The lowest BCUT2D eigenvalue weighted by Gasteiger charge is -2.05. The first-order valence-corrected chi connectivity index (χ1v) is 7.20. The Balaban J connectivity index is 1.93. The number of amides is 1. The van der Waals surface area contributed by atoms with Gasteiger partial charge in [-0.15, -0.1) is 0 Å². The summed E-state index contributed by atoms with van der Waals surface area (Å²) in [5.41, 5.74) is 2.87. The monoisotopic (exact) mass is 344 g/mol. The van der Waals surface area contributed by atoms with Crippen LogP contribution in [0.1, 0.15) is 16.1 Å². The van der Waals surface area contributed by atoms with Crippen LogP contribution in [0.3, 0.4) is 0 Å². The van der Waals surface area contributed by atoms with Crippen LogP contribution in [-0.2, 0) is 7.05 Å². The summed E-state index contributed by atoms with van der Waals surface area (Å²) in [5, 5.41) is 8.04. The van der Waals surface area contributed by atoms with Gasteiger partial charge in [0.2, 0.25) is 0 Å². The van der Waals surface area contributed by atoms with Gasteiger partial charge >= 0.3 is 0 Å². The van der Waals surface area contributed by atoms with Crippen molar-refractivity contribution in [3.63, 3.8) is 0 Å². The van der Waals surface area contributed by atoms with Gasteiger partial charge < -0.3 is 5.32 Å². The van der Waals surface area contributed by atoms with Crippen molar-refractivity contribution in [1.82, 2.24) is 14.8 Å². The van der Waals surface area contributed by atoms with Crippen LogP contribution in [0, 0.1) is 6.92 Å². The van der Waals surface area contributed by atoms with Crippen molar-refractivity contribution in [3.8, 4) is 0 Å². The highest BCUT2D eigenvalue weighted by Gasteiger charge is 2.12. The number of anilines is 1. The van der Waals surface area contributed by atoms with Gasteiger partial charge in [-0.3, -0.25) is 9.48 Å². The number of nitrogens with zero attached hydrogens (tertiary/aromatic N) is 3. The highest BCUT2D eigenvalue weighted by atomic mass is 79.9. The molecule has 0 aliphatic heterocycles. The van der Waals surface area contributed by atoms with E-state index < -0.39 is 0 Å². The van der Waals surface area contributed by atoms with E-state index in [-0.39, 0.29) is 5.91 Å². The Morgan fingerprint density at radius 1 is 1.33 bits per heavy atom. The van der Waals surface area contributed by atoms with Crippen LogP contribution in [-0.4, -0.2) is 20.7 Å². The van der Waals surface area contributed by atoms with E-state index in [1.54, 1.807) is 10.9 Å². The van der Waals surface area contributed by atoms with Crippen molar-refractivity contribution in [1.29, 1.82) is 0 Å². The molecular formula is C15H13BrN4O. The second kappa shape index (κ2) is 5.29. The van der Waals surface area contributed by atoms with E-state index in [0.29, 0.717) is 5.56 Å². The van der Waals surface area contributed by atoms with Gasteiger partial charge in [0.05, 0.1) is 11.3 Å². The Labute approximate surface area is 130 Å². The van der Waals surface area contributed by atoms with E-state index >= 15 is 0 Å². The summed E-state index contributed by atoms with van der Waals surface area (Å²) < 4.78 is 2.62. The van der Waals surface area contributed by atoms with Gasteiger partial charge in [-0.25, -0.2) is 4.98 Å². The van der Waals surface area contributed by atoms with E-state index in [1.165, 1.54) is 0 Å². The van der Waals surface area contributed by atoms with Crippen LogP contribution >= 0.6 is 15.9 Å². The Bertz CT molecular complexity index is 841. The Morgan fingerprint density at radius 2 is 2.14 bits per heavy atom. The highest BCUT2D eigenvalue weighted by Crippen LogP contribution is 2.19. The Kier molecular flexibility index (Phi) is 3.47. The summed E-state index contributed by atoms with van der Waals surface area (Å²) in [6.45, 7) is 1.90. The normalized spacial score (nSPS) is 10.8. The molecule has 1 amide bonds. The van der Waals surface area contributed by atoms with Gasteiger partial charge in [0.15, 0.2) is 5.65 Å². The molecule has 21 heavy (non-hydrogen) atoms. The molecule has 0 aliphatic carbocycles. The molecule has 106 valence electrons. The molecule has 0 fully saturated rings. The van der Waals surface area contributed by atoms with Gasteiger partial charge in [0, 0.05) is 28.8 Å². The van der Waals surface area contributed by atoms with Crippen molar-refractivity contribution in [3.05, 3.63) is 52.3 Å². The molecule has 0 spiro atoms. The predicted molar refractivity (Wildman–Crippen MR) is 85.3 cm³/mol. The Hall–Kier alpha value is -2.21. The first kappa shape index (κ1) is 13.8. The predicted octanol–water partition coefficient (Wildman–Crippen LogP) is 3.29. The minimum atomic E-state index is -0.189. The van der Waals surface area contributed by atoms with E-state index in [9.17, 15) is 4.79 Å². The molecule has 5 nitrogen and oxygen atoms in total. The third kappa shape index (κ3) is 2.67. The second-order valence-corrected chi connectivity index (χ2v) is 5.68. The minimum Gasteiger partial charge on any atom is -0.322 e. The van der Waals surface area contributed by atoms with Crippen molar-refractivity contribution in [2.45, 2.75) is 6.92 Å². The summed E-state index contributed by atoms with van der Waals surface area (Å²) in [4.78, 5) is 16.6. The topological polar surface area (TPSA) is 59.8 Å². The molecule has 3 rings (SSSR count). The van der Waals surface area contributed by atoms with Gasteiger partial charge in [0.25, 0.3) is 5.91 Å². The lowest BCUT2D eigenvalue weighted by Crippen LogP contribution is -2.12. The average Bonchev–Trinajstić information content (AvgIpc) is 2.73. The number of carbonyl (C=O) groups is 1. The number of rotatable bonds is 2. The fourth-order valence-electron chi connectivity index (χ4n) is 2.20. The molecule has 6 heteroatoms. The number of hydrogen-bond acceptors (Lipinski definition) is 3. The maximum absolute atomic E-state index is 12.3. The highest BCUT2D eigenvalue weighted by molar-refractivity contribution is 9.10. The van der Waals surface area contributed by atoms with Crippen molar-refractivity contribution < 1.29 is 4.79 Å². The number of halogens is 1. The molecule has 0 saturated heterocycles. The number of pyridine rings is 1. The van der Waals surface area contributed by atoms with Crippen LogP contribution in [0.4, 0.5) is 5.69 Å². The number of carbonyl (C=O) groups excluding carboxylic acids is 1. The fraction of sp³-hybridized carbons (Fsp3) is 0.133. The zero-order valence-electron chi connectivity index (χ0n) is 11.6. The van der Waals surface area contributed by atoms with Gasteiger partial charge in [-0.1, -0.05) is 22.0 Å². The molecular weight excluding hydrogens is 332 g/mol. The molecule has 2 heterocycles. The quantitative estimate of drug-likeness (QED) is 0.775. The first-order valence-electron chi connectivity index (χ1n) is 6.41. The summed E-state index contributed by atoms with van der Waals surface area (Å²) in [6, 6.07) is 9.27. The zero-order chi connectivity index (χ0) is 15.0. The SMILES string of the molecule is Cc1nn(C)c2ncc(C(=O)Nc3cccc(Br)c3)cc12. The van der Waals surface area contributed by atoms with Gasteiger partial charge in [-0.05, 0) is 31.2 Å². The summed E-state index contributed by atoms with van der Waals surface area (Å²) in [5.74, 6) is -0.189. The average molecular weight is 345 g/mol. The number of benzene rings is 1. The maximum Gasteiger partial charge on any atom is 0.257 e. The molecule has 1 aromatic carbocycles. The molecule has 0 atom stereocenters. The molecule has 2 aromatic heterocycles. The summed E-state index contributed by atoms with van der Waals surface area (Å²) in [7, 11) is 1.84. The minimum absolute atomic E-state index is 0.189. The Morgan fingerprint density at radius 3 is 2.90 bits per heavy atom. The number of hydrogen-bond donors (Lipinski definition) is 1. The first-order chi connectivity index (χ1) is 10.0. The number of fused-ring (bicyclic) bond motifs is 1. The molecule has 3 aromatic rings. The smallest absolute Gasteiger partial charge is 0.257 e. The van der Waals surface area contributed by atoms with Crippen LogP contribution in [0.2, 0.25) is 0 Å². The third-order valence-electron chi connectivity index (χ3n) is 3.21. The van der Waals surface area contributed by atoms with Crippen LogP contribution < -0.4 is 5.32 Å². The molecule has 0 saturated carbocycles. The number of nitrogens with one attached hydrogen (secondary N) is 1. The molecule has 1 N–H and O–H groups in total. The maximum atomic E-state index is 12.3. The third-order valence-corrected chi connectivity index (χ3v) is 3.70. The molecule has 0 aliphatic rings. The molecule has 0 unspecified atom stereocenters. The molecule has 0 bridgehead atoms. The van der Waals surface area contributed by atoms with E-state index in [2.05, 4.69) is 31.3 Å². The second-order valence-electron chi connectivity index (χ2n) is 4.77. The largest absolute Gasteiger partial charge is 0.322 e. The molecule has 0 radical (unpaired) electrons. The fourth-order valence-corrected chi connectivity index (χ4v) is 2.60. The van der Waals surface area contributed by atoms with Crippen molar-refractivity contribution >= 4 is 38.6 Å². The van der Waals surface area contributed by atoms with Crippen LogP contribution in [0.5, 0.6) is 0 Å². The lowest BCUT2D eigenvalue weighted by molar-refractivity contribution is 0.102. The zero-order valence-corrected chi connectivity index (χ0v) is 13.2. The standard InChI is InChI=1S/C15H13BrN4O/c1-9-13-6-10(8-17-14(13)20(2)19-9)15(21)18-12-5-3-4-11(16)7-12/h3-8H,1-2H3,(H,18,21). The van der Waals surface area contributed by atoms with Crippen LogP contribution in [0.25, 0.3) is 11.0 Å². The van der Waals surface area contributed by atoms with E-state index in [4.69, 9.17) is 0 Å². The lowest BCUT2D eigenvalue weighted by atomic mass is 10.2. The summed E-state index contributed by atoms with van der Waals surface area (Å²) >= 11 is 3.38. The van der Waals surface area contributed by atoms with Gasteiger partial charge in [0.1, 0.15) is 0 Å².